The van der Waals surface area contributed by atoms with Crippen LogP contribution in [0.5, 0.6) is 5.75 Å². The van der Waals surface area contributed by atoms with Crippen LogP contribution >= 0.6 is 0 Å². The lowest BCUT2D eigenvalue weighted by Crippen LogP contribution is -2.45. The average Bonchev–Trinajstić information content (AvgIpc) is 2.91. The lowest BCUT2D eigenvalue weighted by Gasteiger charge is -2.27. The van der Waals surface area contributed by atoms with Gasteiger partial charge in [-0.05, 0) is 42.9 Å². The third-order valence-electron chi connectivity index (χ3n) is 6.22. The van der Waals surface area contributed by atoms with E-state index in [-0.39, 0.29) is 18.4 Å². The van der Waals surface area contributed by atoms with Crippen LogP contribution in [-0.2, 0) is 28.1 Å². The molecule has 1 heterocycles. The summed E-state index contributed by atoms with van der Waals surface area (Å²) in [6.45, 7) is 0.0285. The number of aryl methyl sites for hydroxylation is 1. The normalized spacial score (nSPS) is 20.3. The van der Waals surface area contributed by atoms with E-state index >= 15 is 0 Å². The minimum atomic E-state index is -1.08. The van der Waals surface area contributed by atoms with Crippen molar-refractivity contribution < 1.29 is 19.1 Å². The van der Waals surface area contributed by atoms with Crippen molar-refractivity contribution in [3.8, 4) is 5.75 Å². The summed E-state index contributed by atoms with van der Waals surface area (Å²) >= 11 is 0. The number of likely N-dealkylation sites (N-methyl/N-ethyl adjacent to an activating group) is 1. The Labute approximate surface area is 182 Å². The van der Waals surface area contributed by atoms with Crippen LogP contribution in [0.3, 0.4) is 0 Å². The molecule has 4 rings (SSSR count). The molecule has 0 aromatic heterocycles. The van der Waals surface area contributed by atoms with Crippen molar-refractivity contribution in [3.05, 3.63) is 65.2 Å². The lowest BCUT2D eigenvalue weighted by atomic mass is 9.84. The first kappa shape index (κ1) is 20.9. The summed E-state index contributed by atoms with van der Waals surface area (Å²) in [5.41, 5.74) is 1.71. The fraction of sp³-hybridized carbons (Fsp3) is 0.375. The van der Waals surface area contributed by atoms with E-state index in [2.05, 4.69) is 5.32 Å². The molecule has 162 valence electrons. The molecule has 1 aliphatic heterocycles. The highest BCUT2D eigenvalue weighted by atomic mass is 16.5. The summed E-state index contributed by atoms with van der Waals surface area (Å²) < 4.78 is 5.35. The number of hydrogen-bond acceptors (Lipinski definition) is 4. The summed E-state index contributed by atoms with van der Waals surface area (Å²) in [6, 6.07) is 14.7. The molecular formula is C24H27N3O4. The molecule has 7 nitrogen and oxygen atoms in total. The number of nitrogens with zero attached hydrogens (tertiary/aromatic N) is 2. The van der Waals surface area contributed by atoms with E-state index in [4.69, 9.17) is 4.74 Å². The van der Waals surface area contributed by atoms with Gasteiger partial charge < -0.3 is 15.0 Å². The van der Waals surface area contributed by atoms with E-state index in [1.807, 2.05) is 48.5 Å². The molecule has 1 aliphatic carbocycles. The smallest absolute Gasteiger partial charge is 0.325 e. The number of methoxy groups -OCH3 is 1. The van der Waals surface area contributed by atoms with Crippen LogP contribution < -0.4 is 10.1 Å². The summed E-state index contributed by atoms with van der Waals surface area (Å²) in [5.74, 6) is 0.0328. The molecule has 7 heteroatoms. The molecule has 0 saturated carbocycles. The molecule has 1 atom stereocenters. The molecule has 2 aliphatic rings. The van der Waals surface area contributed by atoms with Crippen molar-refractivity contribution in [1.82, 2.24) is 15.1 Å². The van der Waals surface area contributed by atoms with Gasteiger partial charge in [-0.25, -0.2) is 4.79 Å². The predicted molar refractivity (Wildman–Crippen MR) is 115 cm³/mol. The molecule has 1 saturated heterocycles. The van der Waals surface area contributed by atoms with Crippen molar-refractivity contribution >= 4 is 17.8 Å². The molecule has 1 spiro atoms. The van der Waals surface area contributed by atoms with Gasteiger partial charge >= 0.3 is 6.03 Å². The Morgan fingerprint density at radius 2 is 1.87 bits per heavy atom. The number of carbonyl (C=O) groups is 3. The standard InChI is InChI=1S/C24H27N3O4/c1-26(15-18-11-4-6-13-20(18)31-2)21(28)16-27-22(29)24(25-23(27)30)14-8-7-10-17-9-3-5-12-19(17)24/h3-6,9,11-13H,7-8,10,14-16H2,1-2H3,(H,25,30)/t24-/m1/s1. The van der Waals surface area contributed by atoms with Crippen molar-refractivity contribution in [2.45, 2.75) is 37.8 Å². The van der Waals surface area contributed by atoms with E-state index in [9.17, 15) is 14.4 Å². The van der Waals surface area contributed by atoms with Crippen LogP contribution in [0.25, 0.3) is 0 Å². The predicted octanol–water partition coefficient (Wildman–Crippen LogP) is 2.83. The third kappa shape index (κ3) is 3.76. The molecule has 2 aromatic rings. The first-order valence-electron chi connectivity index (χ1n) is 10.5. The summed E-state index contributed by atoms with van der Waals surface area (Å²) in [4.78, 5) is 41.7. The SMILES string of the molecule is COc1ccccc1CN(C)C(=O)CN1C(=O)N[C@@]2(CCCCc3ccccc32)C1=O. The summed E-state index contributed by atoms with van der Waals surface area (Å²) in [6.07, 6.45) is 3.21. The maximum Gasteiger partial charge on any atom is 0.325 e. The maximum atomic E-state index is 13.5. The number of fused-ring (bicyclic) bond motifs is 2. The van der Waals surface area contributed by atoms with Crippen molar-refractivity contribution in [2.75, 3.05) is 20.7 Å². The monoisotopic (exact) mass is 421 g/mol. The molecule has 0 unspecified atom stereocenters. The lowest BCUT2D eigenvalue weighted by molar-refractivity contribution is -0.139. The van der Waals surface area contributed by atoms with Gasteiger partial charge in [0, 0.05) is 19.2 Å². The summed E-state index contributed by atoms with van der Waals surface area (Å²) in [7, 11) is 3.24. The van der Waals surface area contributed by atoms with Gasteiger partial charge in [0.15, 0.2) is 0 Å². The number of rotatable bonds is 5. The number of urea groups is 1. The van der Waals surface area contributed by atoms with Crippen LogP contribution in [0.15, 0.2) is 48.5 Å². The zero-order valence-corrected chi connectivity index (χ0v) is 17.9. The van der Waals surface area contributed by atoms with E-state index < -0.39 is 11.6 Å². The van der Waals surface area contributed by atoms with E-state index in [1.54, 1.807) is 14.2 Å². The number of benzene rings is 2. The molecule has 1 fully saturated rings. The Morgan fingerprint density at radius 3 is 2.68 bits per heavy atom. The minimum absolute atomic E-state index is 0.291. The molecule has 2 aromatic carbocycles. The van der Waals surface area contributed by atoms with Gasteiger partial charge in [-0.3, -0.25) is 14.5 Å². The highest BCUT2D eigenvalue weighted by Gasteiger charge is 2.53. The number of ether oxygens (including phenoxy) is 1. The minimum Gasteiger partial charge on any atom is -0.496 e. The zero-order chi connectivity index (χ0) is 22.0. The van der Waals surface area contributed by atoms with E-state index in [0.29, 0.717) is 18.7 Å². The number of carbonyl (C=O) groups excluding carboxylic acids is 3. The first-order chi connectivity index (χ1) is 15.0. The Balaban J connectivity index is 1.53. The summed E-state index contributed by atoms with van der Waals surface area (Å²) in [5, 5.41) is 2.92. The maximum absolute atomic E-state index is 13.5. The molecule has 0 bridgehead atoms. The zero-order valence-electron chi connectivity index (χ0n) is 17.9. The second-order valence-corrected chi connectivity index (χ2v) is 8.15. The van der Waals surface area contributed by atoms with Crippen LogP contribution in [0.4, 0.5) is 4.79 Å². The number of imide groups is 1. The van der Waals surface area contributed by atoms with E-state index in [0.717, 1.165) is 40.9 Å². The van der Waals surface area contributed by atoms with Crippen LogP contribution in [0.2, 0.25) is 0 Å². The Bertz CT molecular complexity index is 1020. The molecular weight excluding hydrogens is 394 g/mol. The number of nitrogens with one attached hydrogen (secondary N) is 1. The quantitative estimate of drug-likeness (QED) is 0.753. The number of para-hydroxylation sites is 1. The topological polar surface area (TPSA) is 79.0 Å². The van der Waals surface area contributed by atoms with Crippen LogP contribution in [0, 0.1) is 0 Å². The molecule has 4 amide bonds. The fourth-order valence-corrected chi connectivity index (χ4v) is 4.55. The van der Waals surface area contributed by atoms with Crippen LogP contribution in [0.1, 0.15) is 36.0 Å². The number of hydrogen-bond donors (Lipinski definition) is 1. The van der Waals surface area contributed by atoms with Gasteiger partial charge in [0.2, 0.25) is 5.91 Å². The highest BCUT2D eigenvalue weighted by Crippen LogP contribution is 2.39. The second kappa shape index (κ2) is 8.41. The van der Waals surface area contributed by atoms with Gasteiger partial charge in [-0.2, -0.15) is 0 Å². The van der Waals surface area contributed by atoms with Gasteiger partial charge in [-0.15, -0.1) is 0 Å². The third-order valence-corrected chi connectivity index (χ3v) is 6.22. The largest absolute Gasteiger partial charge is 0.496 e. The fourth-order valence-electron chi connectivity index (χ4n) is 4.55. The van der Waals surface area contributed by atoms with Gasteiger partial charge in [0.25, 0.3) is 5.91 Å². The molecule has 0 radical (unpaired) electrons. The van der Waals surface area contributed by atoms with Gasteiger partial charge in [0.05, 0.1) is 7.11 Å². The highest BCUT2D eigenvalue weighted by molar-refractivity contribution is 6.09. The number of amides is 4. The second-order valence-electron chi connectivity index (χ2n) is 8.15. The molecule has 1 N–H and O–H groups in total. The van der Waals surface area contributed by atoms with Crippen molar-refractivity contribution in [2.24, 2.45) is 0 Å². The Morgan fingerprint density at radius 1 is 1.13 bits per heavy atom. The van der Waals surface area contributed by atoms with Gasteiger partial charge in [0.1, 0.15) is 17.8 Å². The molecule has 31 heavy (non-hydrogen) atoms. The Hall–Kier alpha value is -3.35. The van der Waals surface area contributed by atoms with E-state index in [1.165, 1.54) is 4.90 Å². The van der Waals surface area contributed by atoms with Crippen LogP contribution in [-0.4, -0.2) is 48.3 Å². The van der Waals surface area contributed by atoms with Crippen molar-refractivity contribution in [3.63, 3.8) is 0 Å². The van der Waals surface area contributed by atoms with Gasteiger partial charge in [-0.1, -0.05) is 42.5 Å². The average molecular weight is 421 g/mol. The first-order valence-corrected chi connectivity index (χ1v) is 10.5. The van der Waals surface area contributed by atoms with Crippen molar-refractivity contribution in [1.29, 1.82) is 0 Å². The Kier molecular flexibility index (Phi) is 5.67.